The Labute approximate surface area is 115 Å². The van der Waals surface area contributed by atoms with Gasteiger partial charge in [-0.2, -0.15) is 0 Å². The summed E-state index contributed by atoms with van der Waals surface area (Å²) < 4.78 is 5.93. The Morgan fingerprint density at radius 1 is 1.00 bits per heavy atom. The van der Waals surface area contributed by atoms with Gasteiger partial charge in [0.25, 0.3) is 0 Å². The van der Waals surface area contributed by atoms with Crippen molar-refractivity contribution in [1.82, 2.24) is 0 Å². The molecule has 0 amide bonds. The molecule has 0 spiro atoms. The van der Waals surface area contributed by atoms with E-state index in [1.807, 2.05) is 37.3 Å². The largest absolute Gasteiger partial charge is 0.457 e. The van der Waals surface area contributed by atoms with Crippen LogP contribution in [0, 0.1) is 6.92 Å². The summed E-state index contributed by atoms with van der Waals surface area (Å²) in [6.07, 6.45) is 2.28. The van der Waals surface area contributed by atoms with Gasteiger partial charge in [-0.1, -0.05) is 37.6 Å². The van der Waals surface area contributed by atoms with Crippen LogP contribution in [0.3, 0.4) is 0 Å². The first-order valence-electron chi connectivity index (χ1n) is 6.79. The second kappa shape index (κ2) is 6.39. The minimum absolute atomic E-state index is 0.534. The zero-order valence-electron chi connectivity index (χ0n) is 11.6. The molecule has 0 saturated carbocycles. The van der Waals surface area contributed by atoms with Gasteiger partial charge < -0.3 is 10.5 Å². The van der Waals surface area contributed by atoms with Crippen LogP contribution >= 0.6 is 0 Å². The number of aryl methyl sites for hydroxylation is 2. The van der Waals surface area contributed by atoms with Crippen LogP contribution in [0.15, 0.2) is 42.5 Å². The Bertz CT molecular complexity index is 531. The normalized spacial score (nSPS) is 10.5. The molecule has 2 N–H and O–H groups in total. The monoisotopic (exact) mass is 255 g/mol. The lowest BCUT2D eigenvalue weighted by Crippen LogP contribution is -1.97. The fraction of sp³-hybridized carbons (Fsp3) is 0.294. The lowest BCUT2D eigenvalue weighted by Gasteiger charge is -2.10. The third-order valence-corrected chi connectivity index (χ3v) is 3.18. The molecule has 2 nitrogen and oxygen atoms in total. The number of benzene rings is 2. The Morgan fingerprint density at radius 2 is 1.68 bits per heavy atom. The molecule has 2 rings (SSSR count). The van der Waals surface area contributed by atoms with Crippen LogP contribution in [0.1, 0.15) is 30.0 Å². The van der Waals surface area contributed by atoms with Gasteiger partial charge in [-0.3, -0.25) is 0 Å². The molecule has 0 aromatic heterocycles. The molecule has 0 atom stereocenters. The highest BCUT2D eigenvalue weighted by atomic mass is 16.5. The molecule has 2 heteroatoms. The van der Waals surface area contributed by atoms with Crippen molar-refractivity contribution < 1.29 is 4.74 Å². The van der Waals surface area contributed by atoms with Crippen molar-refractivity contribution in [2.24, 2.45) is 5.73 Å². The lowest BCUT2D eigenvalue weighted by atomic mass is 10.1. The average Bonchev–Trinajstić information content (AvgIpc) is 2.44. The highest BCUT2D eigenvalue weighted by molar-refractivity contribution is 5.40. The summed E-state index contributed by atoms with van der Waals surface area (Å²) >= 11 is 0. The van der Waals surface area contributed by atoms with Crippen LogP contribution in [0.2, 0.25) is 0 Å². The fourth-order valence-electron chi connectivity index (χ4n) is 2.02. The minimum atomic E-state index is 0.534. The van der Waals surface area contributed by atoms with E-state index >= 15 is 0 Å². The van der Waals surface area contributed by atoms with E-state index in [9.17, 15) is 0 Å². The molecule has 19 heavy (non-hydrogen) atoms. The molecular formula is C17H21NO. The molecule has 0 fully saturated rings. The number of ether oxygens (including phenoxy) is 1. The Kier molecular flexibility index (Phi) is 4.58. The van der Waals surface area contributed by atoms with Crippen molar-refractivity contribution >= 4 is 0 Å². The van der Waals surface area contributed by atoms with Gasteiger partial charge in [0.05, 0.1) is 0 Å². The zero-order valence-corrected chi connectivity index (χ0v) is 11.6. The molecule has 2 aromatic carbocycles. The van der Waals surface area contributed by atoms with E-state index in [4.69, 9.17) is 10.5 Å². The van der Waals surface area contributed by atoms with Crippen LogP contribution in [-0.4, -0.2) is 0 Å². The minimum Gasteiger partial charge on any atom is -0.457 e. The van der Waals surface area contributed by atoms with Gasteiger partial charge in [0.2, 0.25) is 0 Å². The average molecular weight is 255 g/mol. The van der Waals surface area contributed by atoms with Crippen molar-refractivity contribution in [3.63, 3.8) is 0 Å². The summed E-state index contributed by atoms with van der Waals surface area (Å²) in [4.78, 5) is 0. The van der Waals surface area contributed by atoms with Crippen molar-refractivity contribution in [2.75, 3.05) is 0 Å². The van der Waals surface area contributed by atoms with Crippen molar-refractivity contribution in [1.29, 1.82) is 0 Å². The summed E-state index contributed by atoms with van der Waals surface area (Å²) in [5.74, 6) is 1.75. The molecule has 0 radical (unpaired) electrons. The highest BCUT2D eigenvalue weighted by Gasteiger charge is 2.03. The summed E-state index contributed by atoms with van der Waals surface area (Å²) in [5, 5.41) is 0. The SMILES string of the molecule is CCCc1ccc(Oc2cc(CN)ccc2C)cc1. The van der Waals surface area contributed by atoms with Crippen LogP contribution < -0.4 is 10.5 Å². The zero-order chi connectivity index (χ0) is 13.7. The fourth-order valence-corrected chi connectivity index (χ4v) is 2.02. The third kappa shape index (κ3) is 3.58. The lowest BCUT2D eigenvalue weighted by molar-refractivity contribution is 0.478. The second-order valence-corrected chi connectivity index (χ2v) is 4.80. The smallest absolute Gasteiger partial charge is 0.130 e. The molecule has 0 heterocycles. The van der Waals surface area contributed by atoms with Crippen LogP contribution in [-0.2, 0) is 13.0 Å². The highest BCUT2D eigenvalue weighted by Crippen LogP contribution is 2.26. The summed E-state index contributed by atoms with van der Waals surface area (Å²) in [7, 11) is 0. The van der Waals surface area contributed by atoms with E-state index in [-0.39, 0.29) is 0 Å². The quantitative estimate of drug-likeness (QED) is 0.869. The van der Waals surface area contributed by atoms with Crippen LogP contribution in [0.4, 0.5) is 0 Å². The molecule has 0 aliphatic rings. The maximum absolute atomic E-state index is 5.93. The van der Waals surface area contributed by atoms with E-state index in [0.717, 1.165) is 35.5 Å². The predicted octanol–water partition coefficient (Wildman–Crippen LogP) is 4.20. The summed E-state index contributed by atoms with van der Waals surface area (Å²) in [6.45, 7) is 4.76. The maximum Gasteiger partial charge on any atom is 0.130 e. The Hall–Kier alpha value is -1.80. The first-order chi connectivity index (χ1) is 9.22. The molecule has 0 saturated heterocycles. The van der Waals surface area contributed by atoms with E-state index in [2.05, 4.69) is 19.1 Å². The van der Waals surface area contributed by atoms with Gasteiger partial charge in [-0.25, -0.2) is 0 Å². The Balaban J connectivity index is 2.16. The first-order valence-corrected chi connectivity index (χ1v) is 6.79. The van der Waals surface area contributed by atoms with Gasteiger partial charge in [-0.15, -0.1) is 0 Å². The Morgan fingerprint density at radius 3 is 2.32 bits per heavy atom. The van der Waals surface area contributed by atoms with E-state index < -0.39 is 0 Å². The van der Waals surface area contributed by atoms with Gasteiger partial charge in [0.1, 0.15) is 11.5 Å². The van der Waals surface area contributed by atoms with Crippen LogP contribution in [0.5, 0.6) is 11.5 Å². The molecule has 0 aliphatic carbocycles. The third-order valence-electron chi connectivity index (χ3n) is 3.18. The molecule has 2 aromatic rings. The van der Waals surface area contributed by atoms with E-state index in [1.165, 1.54) is 5.56 Å². The summed E-state index contributed by atoms with van der Waals surface area (Å²) in [5.41, 5.74) is 9.22. The molecule has 0 bridgehead atoms. The van der Waals surface area contributed by atoms with Gasteiger partial charge in [0.15, 0.2) is 0 Å². The molecule has 100 valence electrons. The van der Waals surface area contributed by atoms with Gasteiger partial charge in [0, 0.05) is 6.54 Å². The summed E-state index contributed by atoms with van der Waals surface area (Å²) in [6, 6.07) is 14.4. The topological polar surface area (TPSA) is 35.2 Å². The van der Waals surface area contributed by atoms with Crippen molar-refractivity contribution in [3.05, 3.63) is 59.2 Å². The van der Waals surface area contributed by atoms with Gasteiger partial charge >= 0.3 is 0 Å². The van der Waals surface area contributed by atoms with Crippen LogP contribution in [0.25, 0.3) is 0 Å². The first kappa shape index (κ1) is 13.6. The standard InChI is InChI=1S/C17H21NO/c1-3-4-14-7-9-16(10-8-14)19-17-11-15(12-18)6-5-13(17)2/h5-11H,3-4,12,18H2,1-2H3. The maximum atomic E-state index is 5.93. The van der Waals surface area contributed by atoms with Crippen molar-refractivity contribution in [2.45, 2.75) is 33.2 Å². The van der Waals surface area contributed by atoms with Gasteiger partial charge in [-0.05, 0) is 48.2 Å². The number of hydrogen-bond donors (Lipinski definition) is 1. The number of nitrogens with two attached hydrogens (primary N) is 1. The number of hydrogen-bond acceptors (Lipinski definition) is 2. The second-order valence-electron chi connectivity index (χ2n) is 4.80. The van der Waals surface area contributed by atoms with E-state index in [1.54, 1.807) is 0 Å². The molecular weight excluding hydrogens is 234 g/mol. The molecule has 0 aliphatic heterocycles. The van der Waals surface area contributed by atoms with Crippen molar-refractivity contribution in [3.8, 4) is 11.5 Å². The van der Waals surface area contributed by atoms with E-state index in [0.29, 0.717) is 6.54 Å². The predicted molar refractivity (Wildman–Crippen MR) is 79.6 cm³/mol. The molecule has 0 unspecified atom stereocenters. The number of rotatable bonds is 5.